The molecule has 11 heavy (non-hydrogen) atoms. The molecule has 1 aromatic rings. The van der Waals surface area contributed by atoms with Crippen LogP contribution in [0.3, 0.4) is 0 Å². The number of hydrogen-bond acceptors (Lipinski definition) is 3. The first-order valence-corrected chi connectivity index (χ1v) is 3.63. The number of nitrogens with one attached hydrogen (secondary N) is 1. The van der Waals surface area contributed by atoms with E-state index < -0.39 is 0 Å². The second-order valence-electron chi connectivity index (χ2n) is 2.37. The minimum absolute atomic E-state index is 0.628. The van der Waals surface area contributed by atoms with Crippen LogP contribution in [0.25, 0.3) is 0 Å². The smallest absolute Gasteiger partial charge is 0.0568 e. The molecule has 0 fully saturated rings. The average molecular weight is 151 g/mol. The molecule has 3 heteroatoms. The van der Waals surface area contributed by atoms with Crippen molar-refractivity contribution in [1.82, 2.24) is 0 Å². The molecule has 0 amide bonds. The third-order valence-electron chi connectivity index (χ3n) is 1.47. The third-order valence-corrected chi connectivity index (χ3v) is 1.47. The van der Waals surface area contributed by atoms with Gasteiger partial charge in [0.15, 0.2) is 0 Å². The van der Waals surface area contributed by atoms with Gasteiger partial charge in [-0.2, -0.15) is 0 Å². The first kappa shape index (κ1) is 7.72. The first-order valence-electron chi connectivity index (χ1n) is 3.63. The van der Waals surface area contributed by atoms with E-state index in [4.69, 9.17) is 11.5 Å². The van der Waals surface area contributed by atoms with Gasteiger partial charge < -0.3 is 16.8 Å². The van der Waals surface area contributed by atoms with Gasteiger partial charge in [0.1, 0.15) is 0 Å². The lowest BCUT2D eigenvalue weighted by molar-refractivity contribution is 1.21. The van der Waals surface area contributed by atoms with Crippen LogP contribution in [0.2, 0.25) is 0 Å². The van der Waals surface area contributed by atoms with Crippen LogP contribution in [-0.4, -0.2) is 6.54 Å². The van der Waals surface area contributed by atoms with E-state index in [0.29, 0.717) is 11.4 Å². The molecular weight excluding hydrogens is 138 g/mol. The Morgan fingerprint density at radius 2 is 2.00 bits per heavy atom. The molecule has 1 aromatic carbocycles. The highest BCUT2D eigenvalue weighted by molar-refractivity contribution is 5.69. The van der Waals surface area contributed by atoms with Crippen LogP contribution < -0.4 is 16.8 Å². The van der Waals surface area contributed by atoms with Gasteiger partial charge in [0.25, 0.3) is 0 Å². The number of hydrogen-bond donors (Lipinski definition) is 3. The molecular formula is C8H13N3. The molecule has 0 atom stereocenters. The second-order valence-corrected chi connectivity index (χ2v) is 2.37. The summed E-state index contributed by atoms with van der Waals surface area (Å²) in [4.78, 5) is 0. The predicted octanol–water partition coefficient (Wildman–Crippen LogP) is 1.28. The molecule has 0 aromatic heterocycles. The maximum Gasteiger partial charge on any atom is 0.0568 e. The fraction of sp³-hybridized carbons (Fsp3) is 0.250. The van der Waals surface area contributed by atoms with E-state index in [0.717, 1.165) is 12.2 Å². The van der Waals surface area contributed by atoms with E-state index in [2.05, 4.69) is 5.32 Å². The molecule has 0 aliphatic carbocycles. The van der Waals surface area contributed by atoms with Gasteiger partial charge in [-0.25, -0.2) is 0 Å². The van der Waals surface area contributed by atoms with Gasteiger partial charge >= 0.3 is 0 Å². The van der Waals surface area contributed by atoms with Crippen molar-refractivity contribution < 1.29 is 0 Å². The molecule has 0 unspecified atom stereocenters. The lowest BCUT2D eigenvalue weighted by atomic mass is 10.2. The summed E-state index contributed by atoms with van der Waals surface area (Å²) in [6.07, 6.45) is 0. The number of rotatable bonds is 2. The Bertz CT molecular complexity index is 245. The topological polar surface area (TPSA) is 64.1 Å². The first-order chi connectivity index (χ1) is 5.24. The van der Waals surface area contributed by atoms with Crippen molar-refractivity contribution in [2.75, 3.05) is 23.3 Å². The summed E-state index contributed by atoms with van der Waals surface area (Å²) in [5, 5.41) is 3.14. The molecule has 5 N–H and O–H groups in total. The Morgan fingerprint density at radius 3 is 2.55 bits per heavy atom. The predicted molar refractivity (Wildman–Crippen MR) is 49.4 cm³/mol. The number of benzene rings is 1. The summed E-state index contributed by atoms with van der Waals surface area (Å²) < 4.78 is 0. The van der Waals surface area contributed by atoms with E-state index in [1.807, 2.05) is 19.1 Å². The highest BCUT2D eigenvalue weighted by atomic mass is 14.9. The van der Waals surface area contributed by atoms with E-state index in [1.165, 1.54) is 0 Å². The maximum atomic E-state index is 5.59. The molecule has 60 valence electrons. The molecule has 1 rings (SSSR count). The highest BCUT2D eigenvalue weighted by Crippen LogP contribution is 2.18. The van der Waals surface area contributed by atoms with Gasteiger partial charge in [0.2, 0.25) is 0 Å². The van der Waals surface area contributed by atoms with E-state index in [9.17, 15) is 0 Å². The maximum absolute atomic E-state index is 5.59. The number of nitrogens with two attached hydrogens (primary N) is 2. The quantitative estimate of drug-likeness (QED) is 0.558. The molecule has 3 nitrogen and oxygen atoms in total. The van der Waals surface area contributed by atoms with Crippen molar-refractivity contribution in [3.8, 4) is 0 Å². The van der Waals surface area contributed by atoms with Crippen molar-refractivity contribution in [3.63, 3.8) is 0 Å². The molecule has 0 aliphatic rings. The normalized spacial score (nSPS) is 9.55. The summed E-state index contributed by atoms with van der Waals surface area (Å²) in [6, 6.07) is 5.54. The average Bonchev–Trinajstić information content (AvgIpc) is 1.98. The fourth-order valence-electron chi connectivity index (χ4n) is 0.889. The zero-order valence-corrected chi connectivity index (χ0v) is 6.59. The molecule has 0 heterocycles. The largest absolute Gasteiger partial charge is 0.397 e. The summed E-state index contributed by atoms with van der Waals surface area (Å²) in [5.41, 5.74) is 13.4. The molecule has 0 spiro atoms. The van der Waals surface area contributed by atoms with Crippen LogP contribution >= 0.6 is 0 Å². The van der Waals surface area contributed by atoms with E-state index >= 15 is 0 Å². The summed E-state index contributed by atoms with van der Waals surface area (Å²) in [5.74, 6) is 0. The van der Waals surface area contributed by atoms with Gasteiger partial charge in [-0.15, -0.1) is 0 Å². The number of nitrogen functional groups attached to an aromatic ring is 2. The summed E-state index contributed by atoms with van der Waals surface area (Å²) in [6.45, 7) is 2.93. The minimum atomic E-state index is 0.628. The Labute approximate surface area is 66.4 Å². The van der Waals surface area contributed by atoms with Gasteiger partial charge in [0.05, 0.1) is 11.4 Å². The minimum Gasteiger partial charge on any atom is -0.397 e. The zero-order chi connectivity index (χ0) is 8.27. The lowest BCUT2D eigenvalue weighted by Gasteiger charge is -2.05. The molecule has 0 saturated heterocycles. The Hall–Kier alpha value is -1.38. The van der Waals surface area contributed by atoms with E-state index in [-0.39, 0.29) is 0 Å². The Kier molecular flexibility index (Phi) is 2.21. The zero-order valence-electron chi connectivity index (χ0n) is 6.59. The Morgan fingerprint density at radius 1 is 1.27 bits per heavy atom. The standard InChI is InChI=1S/C8H13N3/c1-2-11-6-3-4-7(9)8(10)5-6/h3-5,11H,2,9-10H2,1H3. The van der Waals surface area contributed by atoms with Crippen molar-refractivity contribution >= 4 is 17.1 Å². The monoisotopic (exact) mass is 151 g/mol. The van der Waals surface area contributed by atoms with Crippen LogP contribution in [0.1, 0.15) is 6.92 Å². The third kappa shape index (κ3) is 1.77. The van der Waals surface area contributed by atoms with Gasteiger partial charge in [-0.05, 0) is 25.1 Å². The van der Waals surface area contributed by atoms with Gasteiger partial charge in [0, 0.05) is 12.2 Å². The van der Waals surface area contributed by atoms with Crippen molar-refractivity contribution in [1.29, 1.82) is 0 Å². The van der Waals surface area contributed by atoms with Gasteiger partial charge in [-0.1, -0.05) is 0 Å². The van der Waals surface area contributed by atoms with Crippen LogP contribution in [-0.2, 0) is 0 Å². The van der Waals surface area contributed by atoms with Crippen molar-refractivity contribution in [2.45, 2.75) is 6.92 Å². The van der Waals surface area contributed by atoms with Crippen LogP contribution in [0.15, 0.2) is 18.2 Å². The van der Waals surface area contributed by atoms with Crippen molar-refractivity contribution in [3.05, 3.63) is 18.2 Å². The molecule has 0 radical (unpaired) electrons. The summed E-state index contributed by atoms with van der Waals surface area (Å²) in [7, 11) is 0. The lowest BCUT2D eigenvalue weighted by Crippen LogP contribution is -1.99. The van der Waals surface area contributed by atoms with Crippen LogP contribution in [0.5, 0.6) is 0 Å². The van der Waals surface area contributed by atoms with Crippen LogP contribution in [0, 0.1) is 0 Å². The van der Waals surface area contributed by atoms with Gasteiger partial charge in [-0.3, -0.25) is 0 Å². The SMILES string of the molecule is CCNc1ccc(N)c(N)c1. The highest BCUT2D eigenvalue weighted by Gasteiger charge is 1.94. The fourth-order valence-corrected chi connectivity index (χ4v) is 0.889. The molecule has 0 bridgehead atoms. The summed E-state index contributed by atoms with van der Waals surface area (Å²) >= 11 is 0. The van der Waals surface area contributed by atoms with E-state index in [1.54, 1.807) is 6.07 Å². The number of anilines is 3. The molecule has 0 saturated carbocycles. The van der Waals surface area contributed by atoms with Crippen molar-refractivity contribution in [2.24, 2.45) is 0 Å². The Balaban J connectivity index is 2.86. The molecule has 0 aliphatic heterocycles. The van der Waals surface area contributed by atoms with Crippen LogP contribution in [0.4, 0.5) is 17.1 Å². The second kappa shape index (κ2) is 3.14.